The van der Waals surface area contributed by atoms with Crippen LogP contribution in [0.25, 0.3) is 0 Å². The van der Waals surface area contributed by atoms with Crippen LogP contribution in [0, 0.1) is 0 Å². The maximum Gasteiger partial charge on any atom is 0.267 e. The van der Waals surface area contributed by atoms with E-state index in [-0.39, 0.29) is 120 Å². The number of hydrogen-bond acceptors (Lipinski definition) is 20. The number of aryl methyl sites for hydroxylation is 4. The number of aldehydes is 4. The SMILES string of the molecule is O=Cc1c2cc3cc1Oc1cccc(c1)Oc1cc4cc(c1C=O)Oc1cccc(c1)Oc1cc5cc(c1C=O)Oc1cccc(c1C=O)Oc1cc(cc(c1)[C@H]1Oc6cc7c8cc6[C@H](CCc6ccccc6)c6cc9c(cc6O1)O[C@H]5Oc1cc5c(cc1[C@H]9CCc1ccccc1)[C@H](CCc1ccccc1)c1cc(c(cc1O[C@@H]4O5)O[C@H]3O7)[C@@H]8CCc1ccccc1)Oc1cccc(c1)O2. The Morgan fingerprint density at radius 3 is 0.662 bits per heavy atom. The van der Waals surface area contributed by atoms with Gasteiger partial charge in [-0.25, -0.2) is 0 Å². The predicted octanol–water partition coefficient (Wildman–Crippen LogP) is 27.8. The van der Waals surface area contributed by atoms with E-state index in [4.69, 9.17) is 75.8 Å². The standard InChI is InChI=1S/C116H80O20/c117-61-93-97-31-16-32-98(93)128-104-48-72-47-103(96(104)64-120)126-78-30-15-29-77(51-78)125-102-46-71-45-101(95(102)63-119)124-76-28-14-27-75(50-76)123-100-44-70-43-99(94(100)62-118)122-74-26-13-25-73(49-74)121-79-41-69(42-80(52-79)127-97)113-129-105-57-107-87-53-85(105)81(37-33-65-17-5-1-6-18-65)86-54-88-83(39-35-67-21-9-3-10-22-67)92-56-91-84(40-36-68-23-11-4-12-24-68)90-55-89(82(87)38-34-66-19-7-2-8-20-66)109(132-114(70)131-107)59-110(90)133-115(71)134-111(91)60-112(92)136-116(72)135-108(88)58-106(86)130-113/h1-32,41-64,81-84,113-116H,33-40H2/t81-,82+,83-,84+,113-,114+,115+,116-/m0/s1. The third kappa shape index (κ3) is 15.1. The van der Waals surface area contributed by atoms with Crippen LogP contribution < -0.4 is 75.8 Å². The highest BCUT2D eigenvalue weighted by atomic mass is 16.7. The molecular weight excluding hydrogens is 1710 g/mol. The Hall–Kier alpha value is -17.0. The maximum atomic E-state index is 14.6. The van der Waals surface area contributed by atoms with Gasteiger partial charge in [0.1, 0.15) is 138 Å². The van der Waals surface area contributed by atoms with Crippen LogP contribution in [0.2, 0.25) is 0 Å². The minimum absolute atomic E-state index is 0.00180. The van der Waals surface area contributed by atoms with Crippen molar-refractivity contribution in [1.29, 1.82) is 0 Å². The summed E-state index contributed by atoms with van der Waals surface area (Å²) in [5, 5.41) is 0. The van der Waals surface area contributed by atoms with Gasteiger partial charge in [-0.15, -0.1) is 0 Å². The van der Waals surface area contributed by atoms with Gasteiger partial charge >= 0.3 is 0 Å². The smallest absolute Gasteiger partial charge is 0.267 e. The van der Waals surface area contributed by atoms with E-state index in [9.17, 15) is 19.2 Å². The highest BCUT2D eigenvalue weighted by Gasteiger charge is 2.44. The largest absolute Gasteiger partial charge is 0.457 e. The van der Waals surface area contributed by atoms with Gasteiger partial charge in [-0.2, -0.15) is 0 Å². The Morgan fingerprint density at radius 2 is 0.390 bits per heavy atom. The van der Waals surface area contributed by atoms with Gasteiger partial charge in [0.2, 0.25) is 0 Å². The molecule has 16 aromatic carbocycles. The summed E-state index contributed by atoms with van der Waals surface area (Å²) in [6, 6.07) is 99.3. The Kier molecular flexibility index (Phi) is 20.1. The molecule has 20 heteroatoms. The highest BCUT2D eigenvalue weighted by molar-refractivity contribution is 5.88. The summed E-state index contributed by atoms with van der Waals surface area (Å²) in [6.07, 6.45) is 0.712. The van der Waals surface area contributed by atoms with E-state index >= 15 is 0 Å². The minimum atomic E-state index is -1.52. The van der Waals surface area contributed by atoms with Gasteiger partial charge in [-0.1, -0.05) is 146 Å². The Labute approximate surface area is 780 Å². The highest BCUT2D eigenvalue weighted by Crippen LogP contribution is 2.61. The van der Waals surface area contributed by atoms with Crippen LogP contribution in [-0.2, 0) is 25.7 Å². The van der Waals surface area contributed by atoms with Crippen molar-refractivity contribution in [2.75, 3.05) is 0 Å². The Bertz CT molecular complexity index is 7390. The van der Waals surface area contributed by atoms with Gasteiger partial charge in [-0.05, 0) is 195 Å². The lowest BCUT2D eigenvalue weighted by Gasteiger charge is -2.38. The molecule has 1 aliphatic carbocycles. The predicted molar refractivity (Wildman–Crippen MR) is 502 cm³/mol. The summed E-state index contributed by atoms with van der Waals surface area (Å²) in [6.45, 7) is 0. The van der Waals surface area contributed by atoms with Crippen molar-refractivity contribution >= 4 is 25.1 Å². The summed E-state index contributed by atoms with van der Waals surface area (Å²) in [5.41, 5.74) is 11.5. The van der Waals surface area contributed by atoms with Crippen molar-refractivity contribution < 1.29 is 95.0 Å². The fourth-order valence-corrected chi connectivity index (χ4v) is 20.3. The summed E-state index contributed by atoms with van der Waals surface area (Å²) in [4.78, 5) is 58.1. The molecule has 0 saturated heterocycles. The van der Waals surface area contributed by atoms with E-state index in [1.54, 1.807) is 140 Å². The zero-order valence-corrected chi connectivity index (χ0v) is 72.8. The van der Waals surface area contributed by atoms with E-state index in [0.29, 0.717) is 139 Å². The molecule has 0 unspecified atom stereocenters. The van der Waals surface area contributed by atoms with Crippen molar-refractivity contribution in [2.45, 2.75) is 100 Å². The molecule has 0 aromatic heterocycles. The molecule has 0 spiro atoms. The van der Waals surface area contributed by atoms with Crippen LogP contribution in [0.5, 0.6) is 138 Å². The Balaban J connectivity index is 0.885. The minimum Gasteiger partial charge on any atom is -0.457 e. The lowest BCUT2D eigenvalue weighted by Crippen LogP contribution is -2.26. The van der Waals surface area contributed by atoms with E-state index in [1.165, 1.54) is 0 Å². The summed E-state index contributed by atoms with van der Waals surface area (Å²) in [5.74, 6) is 1.77. The number of carbonyl (C=O) groups is 4. The molecule has 16 aromatic rings. The Morgan fingerprint density at radius 1 is 0.176 bits per heavy atom. The van der Waals surface area contributed by atoms with Gasteiger partial charge in [0.05, 0.1) is 22.3 Å². The van der Waals surface area contributed by atoms with Crippen molar-refractivity contribution in [1.82, 2.24) is 0 Å². The fraction of sp³-hybridized carbons (Fsp3) is 0.138. The van der Waals surface area contributed by atoms with Crippen LogP contribution in [0.15, 0.2) is 315 Å². The van der Waals surface area contributed by atoms with Crippen LogP contribution in [0.4, 0.5) is 0 Å². The first-order chi connectivity index (χ1) is 67.0. The number of hydrogen-bond donors (Lipinski definition) is 0. The number of fused-ring (bicyclic) bond motifs is 16. The van der Waals surface area contributed by atoms with Crippen LogP contribution in [-0.4, -0.2) is 25.1 Å². The van der Waals surface area contributed by atoms with Gasteiger partial charge in [0, 0.05) is 139 Å². The molecule has 0 radical (unpaired) electrons. The lowest BCUT2D eigenvalue weighted by molar-refractivity contribution is -0.0123. The van der Waals surface area contributed by atoms with Crippen molar-refractivity contribution in [3.63, 3.8) is 0 Å². The molecule has 136 heavy (non-hydrogen) atoms. The first kappa shape index (κ1) is 81.0. The first-order valence-corrected chi connectivity index (χ1v) is 45.6. The maximum absolute atomic E-state index is 14.6. The second kappa shape index (κ2) is 33.7. The molecule has 0 saturated carbocycles. The topological polar surface area (TPSA) is 216 Å². The number of rotatable bonds is 16. The molecule has 8 atom stereocenters. The van der Waals surface area contributed by atoms with E-state index < -0.39 is 48.8 Å². The van der Waals surface area contributed by atoms with Crippen molar-refractivity contribution in [3.05, 3.63) is 427 Å². The van der Waals surface area contributed by atoms with Crippen LogP contribution in [0.1, 0.15) is 205 Å². The number of benzene rings is 16. The third-order valence-corrected chi connectivity index (χ3v) is 26.8. The third-order valence-electron chi connectivity index (χ3n) is 26.8. The average molecular weight is 1790 g/mol. The first-order valence-electron chi connectivity index (χ1n) is 45.6. The summed E-state index contributed by atoms with van der Waals surface area (Å²) < 4.78 is 121. The zero-order valence-electron chi connectivity index (χ0n) is 72.8. The molecule has 0 N–H and O–H groups in total. The molecular formula is C116H80O20. The summed E-state index contributed by atoms with van der Waals surface area (Å²) in [7, 11) is 0. The number of carbonyl (C=O) groups excluding carboxylic acids is 4. The molecule has 9 aliphatic rings. The molecule has 25 rings (SSSR count). The quantitative estimate of drug-likeness (QED) is 0.0822. The van der Waals surface area contributed by atoms with Gasteiger partial charge in [-0.3, -0.25) is 19.2 Å². The molecule has 0 amide bonds. The summed E-state index contributed by atoms with van der Waals surface area (Å²) >= 11 is 0. The lowest BCUT2D eigenvalue weighted by atomic mass is 9.75. The molecule has 8 heterocycles. The van der Waals surface area contributed by atoms with Crippen LogP contribution in [0.3, 0.4) is 0 Å². The second-order valence-corrected chi connectivity index (χ2v) is 35.2. The molecule has 20 nitrogen and oxygen atoms in total. The normalized spacial score (nSPS) is 18.1. The molecule has 8 aliphatic heterocycles. The van der Waals surface area contributed by atoms with Gasteiger partial charge in [0.15, 0.2) is 25.1 Å². The average Bonchev–Trinajstić information content (AvgIpc) is 0.723. The van der Waals surface area contributed by atoms with E-state index in [0.717, 1.165) is 66.8 Å². The van der Waals surface area contributed by atoms with Gasteiger partial charge in [0.25, 0.3) is 25.2 Å². The molecule has 664 valence electrons. The van der Waals surface area contributed by atoms with E-state index in [2.05, 4.69) is 121 Å². The van der Waals surface area contributed by atoms with E-state index in [1.807, 2.05) is 54.6 Å². The molecule has 40 bridgehead atoms. The van der Waals surface area contributed by atoms with Crippen molar-refractivity contribution in [2.24, 2.45) is 0 Å². The zero-order chi connectivity index (χ0) is 90.6. The van der Waals surface area contributed by atoms with Gasteiger partial charge < -0.3 is 75.8 Å². The fourth-order valence-electron chi connectivity index (χ4n) is 20.3. The van der Waals surface area contributed by atoms with Crippen LogP contribution >= 0.6 is 0 Å². The van der Waals surface area contributed by atoms with Crippen molar-refractivity contribution in [3.8, 4) is 138 Å². The molecule has 0 fully saturated rings. The number of ether oxygens (including phenoxy) is 16. The monoisotopic (exact) mass is 1790 g/mol. The second-order valence-electron chi connectivity index (χ2n) is 35.2.